The van der Waals surface area contributed by atoms with Gasteiger partial charge in [0.1, 0.15) is 5.78 Å². The molecular formula is C12H22INO2. The van der Waals surface area contributed by atoms with Gasteiger partial charge in [0.2, 0.25) is 5.91 Å². The number of Topliss-reactive ketones (excluding diaryl/α,β-unsaturated/α-hetero) is 1. The Morgan fingerprint density at radius 2 is 1.69 bits per heavy atom. The molecule has 0 aromatic heterocycles. The van der Waals surface area contributed by atoms with Crippen LogP contribution in [0.25, 0.3) is 0 Å². The van der Waals surface area contributed by atoms with E-state index in [0.717, 1.165) is 6.42 Å². The number of rotatable bonds is 6. The molecule has 94 valence electrons. The van der Waals surface area contributed by atoms with E-state index in [2.05, 4.69) is 0 Å². The molecular weight excluding hydrogens is 317 g/mol. The van der Waals surface area contributed by atoms with Crippen LogP contribution < -0.4 is 0 Å². The van der Waals surface area contributed by atoms with Gasteiger partial charge in [-0.15, -0.1) is 0 Å². The van der Waals surface area contributed by atoms with Gasteiger partial charge in [-0.1, -0.05) is 27.7 Å². The molecule has 0 aliphatic rings. The number of ketones is 1. The molecule has 0 spiro atoms. The van der Waals surface area contributed by atoms with Gasteiger partial charge in [0, 0.05) is 25.3 Å². The Morgan fingerprint density at radius 3 is 2.06 bits per heavy atom. The summed E-state index contributed by atoms with van der Waals surface area (Å²) >= 11 is 1.98. The van der Waals surface area contributed by atoms with Crippen LogP contribution in [-0.4, -0.2) is 21.9 Å². The van der Waals surface area contributed by atoms with Crippen LogP contribution in [0.4, 0.5) is 0 Å². The number of hydrogen-bond acceptors (Lipinski definition) is 2. The Hall–Kier alpha value is -0.130. The van der Waals surface area contributed by atoms with E-state index >= 15 is 0 Å². The van der Waals surface area contributed by atoms with Crippen LogP contribution in [0.3, 0.4) is 0 Å². The number of hydrogen-bond donors (Lipinski definition) is 0. The molecule has 2 atom stereocenters. The summed E-state index contributed by atoms with van der Waals surface area (Å²) in [4.78, 5) is 23.2. The van der Waals surface area contributed by atoms with E-state index in [1.54, 1.807) is 10.2 Å². The number of amides is 1. The maximum Gasteiger partial charge on any atom is 0.231 e. The van der Waals surface area contributed by atoms with Crippen LogP contribution in [0.1, 0.15) is 40.5 Å². The Balaban J connectivity index is 4.10. The molecule has 2 unspecified atom stereocenters. The molecule has 0 aromatic carbocycles. The van der Waals surface area contributed by atoms with Crippen LogP contribution >= 0.6 is 22.9 Å². The largest absolute Gasteiger partial charge is 0.299 e. The highest BCUT2D eigenvalue weighted by atomic mass is 127. The summed E-state index contributed by atoms with van der Waals surface area (Å²) in [5.41, 5.74) is 0. The van der Waals surface area contributed by atoms with Crippen molar-refractivity contribution in [2.45, 2.75) is 40.5 Å². The fraction of sp³-hybridized carbons (Fsp3) is 0.833. The van der Waals surface area contributed by atoms with Gasteiger partial charge in [-0.05, 0) is 12.3 Å². The van der Waals surface area contributed by atoms with E-state index in [1.807, 2.05) is 50.6 Å². The van der Waals surface area contributed by atoms with Crippen LogP contribution in [-0.2, 0) is 9.59 Å². The summed E-state index contributed by atoms with van der Waals surface area (Å²) in [5.74, 6) is 0.828. The first-order chi connectivity index (χ1) is 7.25. The van der Waals surface area contributed by atoms with Crippen molar-refractivity contribution < 1.29 is 9.59 Å². The SMILES string of the molecule is CC(CC(=O)N(C)I)CC(C)C(=O)C(C)C. The molecule has 0 fully saturated rings. The van der Waals surface area contributed by atoms with Crippen molar-refractivity contribution in [3.05, 3.63) is 0 Å². The maximum absolute atomic E-state index is 11.7. The molecule has 0 saturated heterocycles. The molecule has 0 radical (unpaired) electrons. The lowest BCUT2D eigenvalue weighted by molar-refractivity contribution is -0.128. The number of halogens is 1. The zero-order chi connectivity index (χ0) is 12.9. The second-order valence-electron chi connectivity index (χ2n) is 4.87. The zero-order valence-electron chi connectivity index (χ0n) is 10.8. The third-order valence-electron chi connectivity index (χ3n) is 2.68. The van der Waals surface area contributed by atoms with Crippen molar-refractivity contribution in [1.29, 1.82) is 0 Å². The third-order valence-corrected chi connectivity index (χ3v) is 3.22. The van der Waals surface area contributed by atoms with E-state index in [9.17, 15) is 9.59 Å². The average Bonchev–Trinajstić information content (AvgIpc) is 2.15. The Labute approximate surface area is 112 Å². The van der Waals surface area contributed by atoms with Crippen LogP contribution in [0.15, 0.2) is 0 Å². The van der Waals surface area contributed by atoms with Gasteiger partial charge < -0.3 is 0 Å². The summed E-state index contributed by atoms with van der Waals surface area (Å²) in [6, 6.07) is 0. The van der Waals surface area contributed by atoms with Crippen LogP contribution in [0, 0.1) is 17.8 Å². The summed E-state index contributed by atoms with van der Waals surface area (Å²) in [5, 5.41) is 0. The van der Waals surface area contributed by atoms with Crippen molar-refractivity contribution in [3.63, 3.8) is 0 Å². The standard InChI is InChI=1S/C12H22INO2/c1-8(2)12(16)10(4)6-9(3)7-11(15)14(5)13/h8-10H,6-7H2,1-5H3. The minimum absolute atomic E-state index is 0.0577. The molecule has 0 N–H and O–H groups in total. The fourth-order valence-corrected chi connectivity index (χ4v) is 1.99. The third kappa shape index (κ3) is 5.82. The van der Waals surface area contributed by atoms with E-state index in [4.69, 9.17) is 0 Å². The normalized spacial score (nSPS) is 14.7. The predicted molar refractivity (Wildman–Crippen MR) is 74.2 cm³/mol. The number of carbonyl (C=O) groups is 2. The second-order valence-corrected chi connectivity index (χ2v) is 6.32. The Kier molecular flexibility index (Phi) is 7.19. The minimum atomic E-state index is 0.0577. The Bertz CT molecular complexity index is 251. The van der Waals surface area contributed by atoms with Gasteiger partial charge in [0.15, 0.2) is 0 Å². The highest BCUT2D eigenvalue weighted by Gasteiger charge is 2.20. The molecule has 1 amide bonds. The fourth-order valence-electron chi connectivity index (χ4n) is 1.80. The Morgan fingerprint density at radius 1 is 1.19 bits per heavy atom. The van der Waals surface area contributed by atoms with Crippen molar-refractivity contribution in [3.8, 4) is 0 Å². The molecule has 0 rings (SSSR count). The number of nitrogens with zero attached hydrogens (tertiary/aromatic N) is 1. The molecule has 16 heavy (non-hydrogen) atoms. The summed E-state index contributed by atoms with van der Waals surface area (Å²) in [6.45, 7) is 7.83. The van der Waals surface area contributed by atoms with E-state index < -0.39 is 0 Å². The van der Waals surface area contributed by atoms with Gasteiger partial charge in [-0.2, -0.15) is 0 Å². The first-order valence-corrected chi connectivity index (χ1v) is 6.68. The van der Waals surface area contributed by atoms with E-state index in [-0.39, 0.29) is 23.7 Å². The van der Waals surface area contributed by atoms with Crippen LogP contribution in [0.5, 0.6) is 0 Å². The lowest BCUT2D eigenvalue weighted by Gasteiger charge is -2.18. The van der Waals surface area contributed by atoms with Gasteiger partial charge in [-0.25, -0.2) is 0 Å². The monoisotopic (exact) mass is 339 g/mol. The van der Waals surface area contributed by atoms with E-state index in [0.29, 0.717) is 12.2 Å². The first-order valence-electron chi connectivity index (χ1n) is 5.71. The molecule has 0 aromatic rings. The lowest BCUT2D eigenvalue weighted by Crippen LogP contribution is -2.23. The van der Waals surface area contributed by atoms with Crippen molar-refractivity contribution >= 4 is 34.6 Å². The van der Waals surface area contributed by atoms with Gasteiger partial charge in [0.25, 0.3) is 0 Å². The number of carbonyl (C=O) groups excluding carboxylic acids is 2. The average molecular weight is 339 g/mol. The molecule has 0 heterocycles. The molecule has 0 saturated carbocycles. The highest BCUT2D eigenvalue weighted by Crippen LogP contribution is 2.19. The van der Waals surface area contributed by atoms with E-state index in [1.165, 1.54) is 0 Å². The van der Waals surface area contributed by atoms with Crippen LogP contribution in [0.2, 0.25) is 0 Å². The van der Waals surface area contributed by atoms with Crippen molar-refractivity contribution in [1.82, 2.24) is 3.11 Å². The minimum Gasteiger partial charge on any atom is -0.299 e. The first kappa shape index (κ1) is 15.9. The highest BCUT2D eigenvalue weighted by molar-refractivity contribution is 14.1. The quantitative estimate of drug-likeness (QED) is 0.551. The summed E-state index contributed by atoms with van der Waals surface area (Å²) in [7, 11) is 1.75. The predicted octanol–water partition coefficient (Wildman–Crippen LogP) is 3.07. The van der Waals surface area contributed by atoms with Gasteiger partial charge in [0.05, 0.1) is 22.9 Å². The zero-order valence-corrected chi connectivity index (χ0v) is 12.9. The van der Waals surface area contributed by atoms with Gasteiger partial charge in [-0.3, -0.25) is 12.7 Å². The molecule has 0 bridgehead atoms. The molecule has 3 nitrogen and oxygen atoms in total. The second kappa shape index (κ2) is 7.25. The lowest BCUT2D eigenvalue weighted by atomic mass is 9.87. The topological polar surface area (TPSA) is 37.4 Å². The summed E-state index contributed by atoms with van der Waals surface area (Å²) < 4.78 is 1.57. The molecule has 0 aliphatic carbocycles. The summed E-state index contributed by atoms with van der Waals surface area (Å²) in [6.07, 6.45) is 1.32. The molecule has 4 heteroatoms. The van der Waals surface area contributed by atoms with Crippen molar-refractivity contribution in [2.24, 2.45) is 17.8 Å². The molecule has 0 aliphatic heterocycles. The maximum atomic E-state index is 11.7. The smallest absolute Gasteiger partial charge is 0.231 e. The van der Waals surface area contributed by atoms with Gasteiger partial charge >= 0.3 is 0 Å². The van der Waals surface area contributed by atoms with Crippen molar-refractivity contribution in [2.75, 3.05) is 7.05 Å².